The molecule has 1 fully saturated rings. The van der Waals surface area contributed by atoms with Gasteiger partial charge >= 0.3 is 5.97 Å². The molecule has 1 saturated carbocycles. The Hall–Kier alpha value is -1.59. The lowest BCUT2D eigenvalue weighted by atomic mass is 9.78. The van der Waals surface area contributed by atoms with Crippen LogP contribution in [0.15, 0.2) is 0 Å². The summed E-state index contributed by atoms with van der Waals surface area (Å²) in [7, 11) is 0. The van der Waals surface area contributed by atoms with Crippen molar-refractivity contribution in [2.75, 3.05) is 6.54 Å². The fourth-order valence-corrected chi connectivity index (χ4v) is 2.52. The molecule has 0 aliphatic heterocycles. The molecule has 6 nitrogen and oxygen atoms in total. The van der Waals surface area contributed by atoms with Gasteiger partial charge in [-0.15, -0.1) is 0 Å². The van der Waals surface area contributed by atoms with Gasteiger partial charge in [0.1, 0.15) is 6.04 Å². The van der Waals surface area contributed by atoms with Crippen LogP contribution in [0.5, 0.6) is 0 Å². The van der Waals surface area contributed by atoms with Gasteiger partial charge in [-0.3, -0.25) is 14.4 Å². The summed E-state index contributed by atoms with van der Waals surface area (Å²) in [6.07, 6.45) is 4.02. The molecular formula is C14H24N2O4. The topological polar surface area (TPSA) is 95.5 Å². The molecular weight excluding hydrogens is 260 g/mol. The molecule has 0 aromatic rings. The second kappa shape index (κ2) is 7.87. The third kappa shape index (κ3) is 4.51. The predicted octanol–water partition coefficient (Wildman–Crippen LogP) is 0.908. The van der Waals surface area contributed by atoms with Crippen molar-refractivity contribution in [3.8, 4) is 0 Å². The van der Waals surface area contributed by atoms with E-state index in [4.69, 9.17) is 5.11 Å². The molecule has 0 bridgehead atoms. The van der Waals surface area contributed by atoms with Crippen LogP contribution < -0.4 is 10.6 Å². The van der Waals surface area contributed by atoms with E-state index in [1.54, 1.807) is 0 Å². The van der Waals surface area contributed by atoms with Gasteiger partial charge in [-0.1, -0.05) is 19.8 Å². The van der Waals surface area contributed by atoms with E-state index in [9.17, 15) is 14.4 Å². The van der Waals surface area contributed by atoms with Gasteiger partial charge in [-0.2, -0.15) is 0 Å². The Morgan fingerprint density at radius 3 is 2.20 bits per heavy atom. The van der Waals surface area contributed by atoms with E-state index >= 15 is 0 Å². The number of rotatable bonds is 6. The standard InChI is InChI=1S/C14H24N2O4/c1-3-8-15-12(17)10-6-4-5-7-11(10)13(18)16-9(2)14(19)20/h9-11H,3-8H2,1-2H3,(H,15,17)(H,16,18)(H,19,20). The van der Waals surface area contributed by atoms with Crippen LogP contribution in [0.1, 0.15) is 46.0 Å². The van der Waals surface area contributed by atoms with Gasteiger partial charge in [0.25, 0.3) is 0 Å². The van der Waals surface area contributed by atoms with Gasteiger partial charge in [0.2, 0.25) is 11.8 Å². The molecule has 3 N–H and O–H groups in total. The first-order valence-electron chi connectivity index (χ1n) is 7.28. The molecule has 3 atom stereocenters. The first-order chi connectivity index (χ1) is 9.47. The fraction of sp³-hybridized carbons (Fsp3) is 0.786. The molecule has 2 amide bonds. The molecule has 1 aliphatic rings. The third-order valence-corrected chi connectivity index (χ3v) is 3.72. The second-order valence-electron chi connectivity index (χ2n) is 5.36. The van der Waals surface area contributed by atoms with Crippen LogP contribution in [-0.4, -0.2) is 35.5 Å². The van der Waals surface area contributed by atoms with Crippen molar-refractivity contribution in [2.45, 2.75) is 52.0 Å². The highest BCUT2D eigenvalue weighted by molar-refractivity contribution is 5.90. The number of hydrogen-bond donors (Lipinski definition) is 3. The Bertz CT molecular complexity index is 370. The van der Waals surface area contributed by atoms with Gasteiger partial charge in [-0.25, -0.2) is 0 Å². The molecule has 0 aromatic heterocycles. The number of carboxylic acids is 1. The molecule has 0 aromatic carbocycles. The molecule has 1 rings (SSSR count). The zero-order valence-electron chi connectivity index (χ0n) is 12.1. The summed E-state index contributed by atoms with van der Waals surface area (Å²) in [5.74, 6) is -2.23. The molecule has 0 spiro atoms. The number of carbonyl (C=O) groups is 3. The SMILES string of the molecule is CCCNC(=O)C1CCCCC1C(=O)NC(C)C(=O)O. The van der Waals surface area contributed by atoms with E-state index < -0.39 is 17.9 Å². The average Bonchev–Trinajstić information content (AvgIpc) is 2.44. The lowest BCUT2D eigenvalue weighted by molar-refractivity contribution is -0.143. The number of hydrogen-bond acceptors (Lipinski definition) is 3. The van der Waals surface area contributed by atoms with Crippen LogP contribution in [0, 0.1) is 11.8 Å². The molecule has 1 aliphatic carbocycles. The van der Waals surface area contributed by atoms with Crippen LogP contribution >= 0.6 is 0 Å². The summed E-state index contributed by atoms with van der Waals surface area (Å²) in [4.78, 5) is 35.0. The quantitative estimate of drug-likeness (QED) is 0.675. The molecule has 3 unspecified atom stereocenters. The van der Waals surface area contributed by atoms with Crippen molar-refractivity contribution in [1.29, 1.82) is 0 Å². The Morgan fingerprint density at radius 2 is 1.70 bits per heavy atom. The van der Waals surface area contributed by atoms with Crippen LogP contribution in [0.4, 0.5) is 0 Å². The van der Waals surface area contributed by atoms with E-state index in [2.05, 4.69) is 10.6 Å². The first kappa shape index (κ1) is 16.5. The Balaban J connectivity index is 2.65. The lowest BCUT2D eigenvalue weighted by Crippen LogP contribution is -2.47. The average molecular weight is 284 g/mol. The van der Waals surface area contributed by atoms with Gasteiger partial charge in [0.15, 0.2) is 0 Å². The predicted molar refractivity (Wildman–Crippen MR) is 74.0 cm³/mol. The fourth-order valence-electron chi connectivity index (χ4n) is 2.52. The van der Waals surface area contributed by atoms with Gasteiger partial charge in [0.05, 0.1) is 0 Å². The maximum Gasteiger partial charge on any atom is 0.325 e. The summed E-state index contributed by atoms with van der Waals surface area (Å²) in [5, 5.41) is 14.1. The summed E-state index contributed by atoms with van der Waals surface area (Å²) < 4.78 is 0. The summed E-state index contributed by atoms with van der Waals surface area (Å²) in [6.45, 7) is 4.00. The monoisotopic (exact) mass is 284 g/mol. The normalized spacial score (nSPS) is 23.7. The van der Waals surface area contributed by atoms with Gasteiger partial charge in [0, 0.05) is 18.4 Å². The molecule has 20 heavy (non-hydrogen) atoms. The third-order valence-electron chi connectivity index (χ3n) is 3.72. The summed E-state index contributed by atoms with van der Waals surface area (Å²) in [5.41, 5.74) is 0. The maximum absolute atomic E-state index is 12.1. The highest BCUT2D eigenvalue weighted by Gasteiger charge is 2.36. The zero-order valence-corrected chi connectivity index (χ0v) is 12.1. The highest BCUT2D eigenvalue weighted by Crippen LogP contribution is 2.30. The minimum atomic E-state index is -1.07. The molecule has 0 heterocycles. The highest BCUT2D eigenvalue weighted by atomic mass is 16.4. The van der Waals surface area contributed by atoms with Crippen LogP contribution in [0.3, 0.4) is 0 Å². The van der Waals surface area contributed by atoms with E-state index in [0.29, 0.717) is 19.4 Å². The molecule has 0 saturated heterocycles. The molecule has 6 heteroatoms. The minimum absolute atomic E-state index is 0.0883. The largest absolute Gasteiger partial charge is 0.480 e. The Kier molecular flexibility index (Phi) is 6.48. The molecule has 114 valence electrons. The lowest BCUT2D eigenvalue weighted by Gasteiger charge is -2.30. The number of aliphatic carboxylic acids is 1. The number of nitrogens with one attached hydrogen (secondary N) is 2. The van der Waals surface area contributed by atoms with Crippen LogP contribution in [-0.2, 0) is 14.4 Å². The minimum Gasteiger partial charge on any atom is -0.480 e. The van der Waals surface area contributed by atoms with Crippen molar-refractivity contribution < 1.29 is 19.5 Å². The maximum atomic E-state index is 12.1. The number of carboxylic acid groups (broad SMARTS) is 1. The van der Waals surface area contributed by atoms with E-state index in [1.807, 2.05) is 6.92 Å². The second-order valence-corrected chi connectivity index (χ2v) is 5.36. The van der Waals surface area contributed by atoms with E-state index in [0.717, 1.165) is 19.3 Å². The van der Waals surface area contributed by atoms with E-state index in [-0.39, 0.29) is 17.7 Å². The van der Waals surface area contributed by atoms with Gasteiger partial charge in [-0.05, 0) is 26.2 Å². The van der Waals surface area contributed by atoms with Crippen molar-refractivity contribution in [3.05, 3.63) is 0 Å². The first-order valence-corrected chi connectivity index (χ1v) is 7.28. The van der Waals surface area contributed by atoms with Crippen molar-refractivity contribution in [3.63, 3.8) is 0 Å². The molecule has 0 radical (unpaired) electrons. The van der Waals surface area contributed by atoms with Crippen molar-refractivity contribution in [1.82, 2.24) is 10.6 Å². The summed E-state index contributed by atoms with van der Waals surface area (Å²) in [6, 6.07) is -0.927. The van der Waals surface area contributed by atoms with Crippen LogP contribution in [0.25, 0.3) is 0 Å². The van der Waals surface area contributed by atoms with Crippen molar-refractivity contribution >= 4 is 17.8 Å². The van der Waals surface area contributed by atoms with Crippen molar-refractivity contribution in [2.24, 2.45) is 11.8 Å². The summed E-state index contributed by atoms with van der Waals surface area (Å²) >= 11 is 0. The van der Waals surface area contributed by atoms with E-state index in [1.165, 1.54) is 6.92 Å². The van der Waals surface area contributed by atoms with Gasteiger partial charge < -0.3 is 15.7 Å². The Morgan fingerprint density at radius 1 is 1.15 bits per heavy atom. The number of amides is 2. The Labute approximate surface area is 119 Å². The zero-order chi connectivity index (χ0) is 15.1. The van der Waals surface area contributed by atoms with Crippen LogP contribution in [0.2, 0.25) is 0 Å². The smallest absolute Gasteiger partial charge is 0.325 e. The number of carbonyl (C=O) groups excluding carboxylic acids is 2.